The third-order valence-electron chi connectivity index (χ3n) is 9.02. The van der Waals surface area contributed by atoms with Crippen LogP contribution in [0.5, 0.6) is 0 Å². The van der Waals surface area contributed by atoms with Crippen LogP contribution in [0.1, 0.15) is 57.6 Å². The summed E-state index contributed by atoms with van der Waals surface area (Å²) in [7, 11) is 2.13. The second-order valence-corrected chi connectivity index (χ2v) is 12.5. The molecule has 6 rings (SSSR count). The molecule has 2 N–H and O–H groups in total. The molecule has 0 spiro atoms. The molecular weight excluding hydrogens is 598 g/mol. The average molecular weight is 642 g/mol. The van der Waals surface area contributed by atoms with Crippen LogP contribution in [0.4, 0.5) is 0 Å². The van der Waals surface area contributed by atoms with E-state index in [2.05, 4.69) is 83.8 Å². The first kappa shape index (κ1) is 33.2. The van der Waals surface area contributed by atoms with E-state index in [9.17, 15) is 9.90 Å². The quantitative estimate of drug-likeness (QED) is 0.151. The molecule has 246 valence electrons. The number of rotatable bonds is 12. The number of aromatic nitrogens is 1. The SMILES string of the molecule is CC1C(CN(C)CCc2ccccn2)OC(c2ccc(-c3cccc(CNC(=O)c4ccccc4)c3)cc2)OC1c1ccc(CO)cc1. The Balaban J connectivity index is 1.16. The molecule has 4 atom stereocenters. The van der Waals surface area contributed by atoms with Crippen LogP contribution in [0.15, 0.2) is 128 Å². The molecule has 5 aromatic rings. The van der Waals surface area contributed by atoms with Crippen molar-refractivity contribution in [3.05, 3.63) is 161 Å². The number of aliphatic hydroxyl groups excluding tert-OH is 1. The number of benzene rings is 4. The largest absolute Gasteiger partial charge is 0.392 e. The van der Waals surface area contributed by atoms with Gasteiger partial charge >= 0.3 is 0 Å². The first-order valence-corrected chi connectivity index (χ1v) is 16.6. The lowest BCUT2D eigenvalue weighted by molar-refractivity contribution is -0.275. The summed E-state index contributed by atoms with van der Waals surface area (Å²) in [5.74, 6) is 0.00965. The zero-order valence-electron chi connectivity index (χ0n) is 27.5. The molecule has 1 fully saturated rings. The van der Waals surface area contributed by atoms with Gasteiger partial charge in [0.1, 0.15) is 0 Å². The molecule has 7 heteroatoms. The molecule has 0 aliphatic carbocycles. The molecule has 1 amide bonds. The molecule has 48 heavy (non-hydrogen) atoms. The number of amides is 1. The van der Waals surface area contributed by atoms with Gasteiger partial charge in [0.15, 0.2) is 6.29 Å². The minimum atomic E-state index is -0.536. The molecular formula is C41H43N3O4. The third kappa shape index (κ3) is 8.43. The number of likely N-dealkylation sites (N-methyl/N-ethyl adjacent to an activating group) is 1. The summed E-state index contributed by atoms with van der Waals surface area (Å²) >= 11 is 0. The Morgan fingerprint density at radius 1 is 0.812 bits per heavy atom. The number of ether oxygens (including phenoxy) is 2. The van der Waals surface area contributed by atoms with Crippen molar-refractivity contribution in [1.82, 2.24) is 15.2 Å². The summed E-state index contributed by atoms with van der Waals surface area (Å²) in [5, 5.41) is 12.6. The van der Waals surface area contributed by atoms with Gasteiger partial charge in [-0.2, -0.15) is 0 Å². The van der Waals surface area contributed by atoms with Gasteiger partial charge in [-0.3, -0.25) is 9.78 Å². The maximum absolute atomic E-state index is 12.5. The predicted octanol–water partition coefficient (Wildman–Crippen LogP) is 7.14. The maximum atomic E-state index is 12.5. The van der Waals surface area contributed by atoms with E-state index in [1.807, 2.05) is 72.9 Å². The highest BCUT2D eigenvalue weighted by atomic mass is 16.7. The average Bonchev–Trinajstić information content (AvgIpc) is 3.15. The smallest absolute Gasteiger partial charge is 0.251 e. The van der Waals surface area contributed by atoms with Crippen molar-refractivity contribution in [3.63, 3.8) is 0 Å². The second kappa shape index (κ2) is 16.0. The molecule has 0 saturated carbocycles. The van der Waals surface area contributed by atoms with Gasteiger partial charge in [-0.15, -0.1) is 0 Å². The summed E-state index contributed by atoms with van der Waals surface area (Å²) in [6.45, 7) is 4.27. The Kier molecular flexibility index (Phi) is 11.1. The highest BCUT2D eigenvalue weighted by Gasteiger charge is 2.38. The van der Waals surface area contributed by atoms with Gasteiger partial charge < -0.3 is 24.8 Å². The minimum Gasteiger partial charge on any atom is -0.392 e. The van der Waals surface area contributed by atoms with Crippen LogP contribution in [0.2, 0.25) is 0 Å². The Bertz CT molecular complexity index is 1750. The topological polar surface area (TPSA) is 83.9 Å². The van der Waals surface area contributed by atoms with E-state index in [0.29, 0.717) is 12.1 Å². The summed E-state index contributed by atoms with van der Waals surface area (Å²) < 4.78 is 13.4. The van der Waals surface area contributed by atoms with Crippen molar-refractivity contribution in [2.75, 3.05) is 20.1 Å². The van der Waals surface area contributed by atoms with Gasteiger partial charge in [0.25, 0.3) is 5.91 Å². The fraction of sp³-hybridized carbons (Fsp3) is 0.268. The van der Waals surface area contributed by atoms with Gasteiger partial charge in [0.2, 0.25) is 0 Å². The normalized spacial score (nSPS) is 19.2. The number of carbonyl (C=O) groups is 1. The first-order chi connectivity index (χ1) is 23.5. The number of pyridine rings is 1. The van der Waals surface area contributed by atoms with Crippen molar-refractivity contribution in [2.24, 2.45) is 5.92 Å². The molecule has 1 aliphatic rings. The van der Waals surface area contributed by atoms with Crippen molar-refractivity contribution in [3.8, 4) is 11.1 Å². The fourth-order valence-electron chi connectivity index (χ4n) is 6.15. The van der Waals surface area contributed by atoms with Crippen LogP contribution in [0.25, 0.3) is 11.1 Å². The van der Waals surface area contributed by atoms with Gasteiger partial charge in [-0.25, -0.2) is 0 Å². The number of hydrogen-bond donors (Lipinski definition) is 2. The molecule has 4 unspecified atom stereocenters. The van der Waals surface area contributed by atoms with Crippen molar-refractivity contribution in [1.29, 1.82) is 0 Å². The monoisotopic (exact) mass is 641 g/mol. The molecule has 1 saturated heterocycles. The highest BCUT2D eigenvalue weighted by Crippen LogP contribution is 2.42. The van der Waals surface area contributed by atoms with Crippen molar-refractivity contribution >= 4 is 5.91 Å². The van der Waals surface area contributed by atoms with E-state index in [4.69, 9.17) is 9.47 Å². The van der Waals surface area contributed by atoms with Crippen LogP contribution >= 0.6 is 0 Å². The zero-order chi connectivity index (χ0) is 33.3. The number of nitrogens with zero attached hydrogens (tertiary/aromatic N) is 2. The summed E-state index contributed by atoms with van der Waals surface area (Å²) in [4.78, 5) is 19.3. The van der Waals surface area contributed by atoms with Crippen LogP contribution in [-0.4, -0.2) is 47.1 Å². The van der Waals surface area contributed by atoms with E-state index >= 15 is 0 Å². The number of hydrogen-bond acceptors (Lipinski definition) is 6. The highest BCUT2D eigenvalue weighted by molar-refractivity contribution is 5.94. The lowest BCUT2D eigenvalue weighted by Gasteiger charge is -2.42. The molecule has 1 aliphatic heterocycles. The van der Waals surface area contributed by atoms with Crippen LogP contribution in [0.3, 0.4) is 0 Å². The fourth-order valence-corrected chi connectivity index (χ4v) is 6.15. The lowest BCUT2D eigenvalue weighted by atomic mass is 9.90. The Labute approximate surface area is 283 Å². The second-order valence-electron chi connectivity index (χ2n) is 12.5. The molecule has 1 aromatic heterocycles. The molecule has 2 heterocycles. The molecule has 0 radical (unpaired) electrons. The van der Waals surface area contributed by atoms with Crippen LogP contribution in [0, 0.1) is 5.92 Å². The van der Waals surface area contributed by atoms with Gasteiger partial charge in [0, 0.05) is 55.0 Å². The summed E-state index contributed by atoms with van der Waals surface area (Å²) in [6, 6.07) is 39.9. The maximum Gasteiger partial charge on any atom is 0.251 e. The summed E-state index contributed by atoms with van der Waals surface area (Å²) in [5.41, 5.74) is 7.79. The minimum absolute atomic E-state index is 0.00830. The number of aliphatic hydroxyl groups is 1. The van der Waals surface area contributed by atoms with E-state index in [0.717, 1.165) is 58.6 Å². The van der Waals surface area contributed by atoms with Crippen molar-refractivity contribution < 1.29 is 19.4 Å². The van der Waals surface area contributed by atoms with Gasteiger partial charge in [0.05, 0.1) is 18.8 Å². The van der Waals surface area contributed by atoms with Gasteiger partial charge in [-0.05, 0) is 65.2 Å². The molecule has 7 nitrogen and oxygen atoms in total. The molecule has 0 bridgehead atoms. The number of carbonyl (C=O) groups excluding carboxylic acids is 1. The number of nitrogens with one attached hydrogen (secondary N) is 1. The Morgan fingerprint density at radius 2 is 1.56 bits per heavy atom. The van der Waals surface area contributed by atoms with Gasteiger partial charge in [-0.1, -0.05) is 97.9 Å². The van der Waals surface area contributed by atoms with Crippen LogP contribution < -0.4 is 5.32 Å². The Hall–Kier alpha value is -4.66. The zero-order valence-corrected chi connectivity index (χ0v) is 27.5. The molecule has 4 aromatic carbocycles. The third-order valence-corrected chi connectivity index (χ3v) is 9.02. The van der Waals surface area contributed by atoms with E-state index in [1.165, 1.54) is 0 Å². The van der Waals surface area contributed by atoms with E-state index in [1.54, 1.807) is 0 Å². The van der Waals surface area contributed by atoms with Crippen LogP contribution in [-0.2, 0) is 29.0 Å². The predicted molar refractivity (Wildman–Crippen MR) is 188 cm³/mol. The Morgan fingerprint density at radius 3 is 2.29 bits per heavy atom. The van der Waals surface area contributed by atoms with E-state index < -0.39 is 6.29 Å². The van der Waals surface area contributed by atoms with E-state index in [-0.39, 0.29) is 30.6 Å². The standard InChI is InChI=1S/C41H43N3O4/c1-29-38(27-44(2)24-22-37-13-6-7-23-42-37)47-41(48-39(29)33-16-14-30(28-45)15-17-33)35-20-18-32(19-21-35)36-12-8-9-31(25-36)26-43-40(46)34-10-4-3-5-11-34/h3-21,23,25,29,38-39,41,45H,22,24,26-28H2,1-2H3,(H,43,46). The lowest BCUT2D eigenvalue weighted by Crippen LogP contribution is -2.43. The van der Waals surface area contributed by atoms with Crippen molar-refractivity contribution in [2.45, 2.75) is 45.0 Å². The summed E-state index contributed by atoms with van der Waals surface area (Å²) in [6.07, 6.45) is 1.93. The first-order valence-electron chi connectivity index (χ1n) is 16.6.